The van der Waals surface area contributed by atoms with Crippen LogP contribution in [0.3, 0.4) is 0 Å². The summed E-state index contributed by atoms with van der Waals surface area (Å²) >= 11 is 0. The highest BCUT2D eigenvalue weighted by molar-refractivity contribution is 5.41. The number of hydrazine groups is 1. The lowest BCUT2D eigenvalue weighted by Crippen LogP contribution is -2.06. The fourth-order valence-electron chi connectivity index (χ4n) is 1.21. The zero-order chi connectivity index (χ0) is 12.3. The van der Waals surface area contributed by atoms with Gasteiger partial charge in [-0.15, -0.1) is 0 Å². The molecule has 0 saturated heterocycles. The molecule has 6 heteroatoms. The van der Waals surface area contributed by atoms with Gasteiger partial charge in [-0.2, -0.15) is 0 Å². The van der Waals surface area contributed by atoms with E-state index in [1.807, 2.05) is 0 Å². The van der Waals surface area contributed by atoms with Crippen molar-refractivity contribution in [2.75, 3.05) is 5.43 Å². The molecule has 0 spiro atoms. The molecule has 0 aliphatic heterocycles. The average Bonchev–Trinajstić information content (AvgIpc) is 2.35. The van der Waals surface area contributed by atoms with Crippen molar-refractivity contribution in [3.05, 3.63) is 48.2 Å². The Morgan fingerprint density at radius 2 is 1.82 bits per heavy atom. The molecule has 0 fully saturated rings. The number of benzene rings is 1. The summed E-state index contributed by atoms with van der Waals surface area (Å²) in [6.45, 7) is 0. The fraction of sp³-hybridized carbons (Fsp3) is 0. The Hall–Kier alpha value is -2.21. The van der Waals surface area contributed by atoms with Gasteiger partial charge in [-0.3, -0.25) is 5.84 Å². The Balaban J connectivity index is 2.25. The molecule has 0 saturated carbocycles. The van der Waals surface area contributed by atoms with Crippen molar-refractivity contribution < 1.29 is 13.5 Å². The summed E-state index contributed by atoms with van der Waals surface area (Å²) in [6.07, 6.45) is 1.38. The highest BCUT2D eigenvalue weighted by atomic mass is 19.1. The number of rotatable bonds is 3. The molecule has 0 atom stereocenters. The van der Waals surface area contributed by atoms with E-state index in [4.69, 9.17) is 10.6 Å². The van der Waals surface area contributed by atoms with E-state index in [1.165, 1.54) is 18.3 Å². The van der Waals surface area contributed by atoms with Gasteiger partial charge in [0.2, 0.25) is 11.6 Å². The number of nitrogens with one attached hydrogen (secondary N) is 1. The first-order chi connectivity index (χ1) is 8.20. The number of nitrogens with two attached hydrogens (primary N) is 1. The Morgan fingerprint density at radius 3 is 2.35 bits per heavy atom. The Morgan fingerprint density at radius 1 is 1.12 bits per heavy atom. The molecule has 0 aliphatic rings. The first-order valence-corrected chi connectivity index (χ1v) is 4.75. The Kier molecular flexibility index (Phi) is 3.15. The number of halogens is 2. The minimum absolute atomic E-state index is 0.0769. The summed E-state index contributed by atoms with van der Waals surface area (Å²) in [5.41, 5.74) is 2.94. The van der Waals surface area contributed by atoms with Gasteiger partial charge in [0.05, 0.1) is 11.9 Å². The van der Waals surface area contributed by atoms with Crippen LogP contribution in [0.5, 0.6) is 11.6 Å². The summed E-state index contributed by atoms with van der Waals surface area (Å²) < 4.78 is 31.5. The highest BCUT2D eigenvalue weighted by Crippen LogP contribution is 2.26. The van der Waals surface area contributed by atoms with E-state index in [9.17, 15) is 8.78 Å². The van der Waals surface area contributed by atoms with Crippen LogP contribution in [-0.4, -0.2) is 4.98 Å². The maximum Gasteiger partial charge on any atom is 0.219 e. The van der Waals surface area contributed by atoms with Crippen LogP contribution in [0.2, 0.25) is 0 Å². The number of hydrogen-bond donors (Lipinski definition) is 2. The lowest BCUT2D eigenvalue weighted by molar-refractivity contribution is 0.396. The number of ether oxygens (including phenoxy) is 1. The van der Waals surface area contributed by atoms with Crippen molar-refractivity contribution in [1.82, 2.24) is 4.98 Å². The summed E-state index contributed by atoms with van der Waals surface area (Å²) in [6, 6.07) is 6.48. The number of para-hydroxylation sites is 1. The maximum absolute atomic E-state index is 13.3. The van der Waals surface area contributed by atoms with Crippen LogP contribution in [0.15, 0.2) is 36.5 Å². The van der Waals surface area contributed by atoms with E-state index >= 15 is 0 Å². The highest BCUT2D eigenvalue weighted by Gasteiger charge is 2.11. The molecule has 0 radical (unpaired) electrons. The minimum Gasteiger partial charge on any atom is -0.433 e. The van der Waals surface area contributed by atoms with Crippen molar-refractivity contribution in [3.63, 3.8) is 0 Å². The number of aromatic nitrogens is 1. The molecule has 3 N–H and O–H groups in total. The topological polar surface area (TPSA) is 60.2 Å². The van der Waals surface area contributed by atoms with Gasteiger partial charge in [-0.25, -0.2) is 13.8 Å². The van der Waals surface area contributed by atoms with Gasteiger partial charge in [-0.1, -0.05) is 6.07 Å². The van der Waals surface area contributed by atoms with E-state index in [0.29, 0.717) is 5.69 Å². The number of nitrogen functional groups attached to an aromatic ring is 1. The standard InChI is InChI=1S/C11H9F2N3O/c12-8-2-1-3-9(13)11(8)17-10-5-4-7(16-14)6-15-10/h1-6,16H,14H2. The van der Waals surface area contributed by atoms with Crippen LogP contribution < -0.4 is 16.0 Å². The lowest BCUT2D eigenvalue weighted by atomic mass is 10.3. The second kappa shape index (κ2) is 4.75. The molecule has 2 aromatic rings. The molecule has 0 unspecified atom stereocenters. The molecule has 88 valence electrons. The molecular formula is C11H9F2N3O. The molecule has 1 aromatic heterocycles. The molecule has 0 aliphatic carbocycles. The summed E-state index contributed by atoms with van der Waals surface area (Å²) in [5, 5.41) is 0. The molecule has 0 amide bonds. The third kappa shape index (κ3) is 2.48. The first kappa shape index (κ1) is 11.3. The minimum atomic E-state index is -0.784. The second-order valence-corrected chi connectivity index (χ2v) is 3.18. The zero-order valence-corrected chi connectivity index (χ0v) is 8.65. The number of anilines is 1. The van der Waals surface area contributed by atoms with E-state index in [1.54, 1.807) is 6.07 Å². The van der Waals surface area contributed by atoms with E-state index in [0.717, 1.165) is 12.1 Å². The van der Waals surface area contributed by atoms with Crippen molar-refractivity contribution >= 4 is 5.69 Å². The van der Waals surface area contributed by atoms with Gasteiger partial charge in [0, 0.05) is 6.07 Å². The van der Waals surface area contributed by atoms with Gasteiger partial charge in [0.15, 0.2) is 11.6 Å². The predicted octanol–water partition coefficient (Wildman–Crippen LogP) is 2.44. The van der Waals surface area contributed by atoms with Crippen LogP contribution in [0, 0.1) is 11.6 Å². The average molecular weight is 237 g/mol. The van der Waals surface area contributed by atoms with Crippen LogP contribution >= 0.6 is 0 Å². The molecule has 1 aromatic carbocycles. The Bertz CT molecular complexity index is 496. The van der Waals surface area contributed by atoms with Crippen LogP contribution in [0.4, 0.5) is 14.5 Å². The summed E-state index contributed by atoms with van der Waals surface area (Å²) in [7, 11) is 0. The molecule has 1 heterocycles. The maximum atomic E-state index is 13.3. The fourth-order valence-corrected chi connectivity index (χ4v) is 1.21. The monoisotopic (exact) mass is 237 g/mol. The lowest BCUT2D eigenvalue weighted by Gasteiger charge is -2.07. The quantitative estimate of drug-likeness (QED) is 0.635. The first-order valence-electron chi connectivity index (χ1n) is 4.75. The van der Waals surface area contributed by atoms with Crippen molar-refractivity contribution in [1.29, 1.82) is 0 Å². The smallest absolute Gasteiger partial charge is 0.219 e. The third-order valence-corrected chi connectivity index (χ3v) is 2.03. The molecular weight excluding hydrogens is 228 g/mol. The van der Waals surface area contributed by atoms with Crippen LogP contribution in [-0.2, 0) is 0 Å². The van der Waals surface area contributed by atoms with Gasteiger partial charge in [0.25, 0.3) is 0 Å². The molecule has 0 bridgehead atoms. The summed E-state index contributed by atoms with van der Waals surface area (Å²) in [5.74, 6) is 3.18. The van der Waals surface area contributed by atoms with E-state index < -0.39 is 17.4 Å². The van der Waals surface area contributed by atoms with Gasteiger partial charge in [0.1, 0.15) is 0 Å². The molecule has 2 rings (SSSR count). The van der Waals surface area contributed by atoms with Crippen LogP contribution in [0.1, 0.15) is 0 Å². The zero-order valence-electron chi connectivity index (χ0n) is 8.65. The number of hydrogen-bond acceptors (Lipinski definition) is 4. The summed E-state index contributed by atoms with van der Waals surface area (Å²) in [4.78, 5) is 3.83. The van der Waals surface area contributed by atoms with Gasteiger partial charge >= 0.3 is 0 Å². The van der Waals surface area contributed by atoms with Crippen molar-refractivity contribution in [2.24, 2.45) is 5.84 Å². The van der Waals surface area contributed by atoms with Crippen LogP contribution in [0.25, 0.3) is 0 Å². The van der Waals surface area contributed by atoms with Gasteiger partial charge in [-0.05, 0) is 18.2 Å². The third-order valence-electron chi connectivity index (χ3n) is 2.03. The SMILES string of the molecule is NNc1ccc(Oc2c(F)cccc2F)nc1. The molecule has 4 nitrogen and oxygen atoms in total. The largest absolute Gasteiger partial charge is 0.433 e. The Labute approximate surface area is 96.0 Å². The van der Waals surface area contributed by atoms with Crippen molar-refractivity contribution in [2.45, 2.75) is 0 Å². The number of pyridine rings is 1. The van der Waals surface area contributed by atoms with Crippen molar-refractivity contribution in [3.8, 4) is 11.6 Å². The van der Waals surface area contributed by atoms with E-state index in [2.05, 4.69) is 10.4 Å². The second-order valence-electron chi connectivity index (χ2n) is 3.18. The normalized spacial score (nSPS) is 10.1. The predicted molar refractivity (Wildman–Crippen MR) is 58.5 cm³/mol. The van der Waals surface area contributed by atoms with Gasteiger partial charge < -0.3 is 10.2 Å². The number of nitrogens with zero attached hydrogens (tertiary/aromatic N) is 1. The molecule has 17 heavy (non-hydrogen) atoms. The van der Waals surface area contributed by atoms with E-state index in [-0.39, 0.29) is 5.88 Å².